The Morgan fingerprint density at radius 1 is 1.58 bits per heavy atom. The molecule has 0 aromatic heterocycles. The summed E-state index contributed by atoms with van der Waals surface area (Å²) < 4.78 is 9.55. The van der Waals surface area contributed by atoms with Crippen LogP contribution in [0.5, 0.6) is 0 Å². The molecule has 0 saturated carbocycles. The Labute approximate surface area is 109 Å². The van der Waals surface area contributed by atoms with E-state index < -0.39 is 34.6 Å². The van der Waals surface area contributed by atoms with E-state index in [1.54, 1.807) is 20.8 Å². The highest BCUT2D eigenvalue weighted by Crippen LogP contribution is 2.27. The van der Waals surface area contributed by atoms with Crippen molar-refractivity contribution >= 4 is 6.16 Å². The number of carbonyl (C=O) groups is 1. The van der Waals surface area contributed by atoms with Gasteiger partial charge in [-0.2, -0.15) is 0 Å². The van der Waals surface area contributed by atoms with Gasteiger partial charge in [-0.15, -0.1) is 0 Å². The van der Waals surface area contributed by atoms with Gasteiger partial charge in [-0.25, -0.2) is 4.79 Å². The number of carbonyl (C=O) groups excluding carboxylic acids is 1. The molecule has 8 heteroatoms. The lowest BCUT2D eigenvalue weighted by Crippen LogP contribution is -2.39. The summed E-state index contributed by atoms with van der Waals surface area (Å²) in [6.45, 7) is 4.86. The number of hydrogen-bond donors (Lipinski definition) is 2. The second kappa shape index (κ2) is 4.88. The van der Waals surface area contributed by atoms with Gasteiger partial charge in [0, 0.05) is 0 Å². The van der Waals surface area contributed by atoms with E-state index in [-0.39, 0.29) is 5.70 Å². The van der Waals surface area contributed by atoms with Crippen LogP contribution in [0.15, 0.2) is 23.5 Å². The van der Waals surface area contributed by atoms with Crippen LogP contribution in [0, 0.1) is 10.1 Å². The number of hydrogen-bond acceptors (Lipinski definition) is 7. The van der Waals surface area contributed by atoms with Gasteiger partial charge in [-0.05, 0) is 32.9 Å². The predicted molar refractivity (Wildman–Crippen MR) is 64.2 cm³/mol. The number of rotatable bonds is 2. The molecule has 0 aliphatic heterocycles. The fourth-order valence-corrected chi connectivity index (χ4v) is 1.37. The normalized spacial score (nSPS) is 23.2. The second-order valence-corrected chi connectivity index (χ2v) is 5.08. The third-order valence-corrected chi connectivity index (χ3v) is 2.15. The zero-order valence-electron chi connectivity index (χ0n) is 10.9. The van der Waals surface area contributed by atoms with Crippen molar-refractivity contribution in [3.63, 3.8) is 0 Å². The molecule has 0 bridgehead atoms. The molecule has 19 heavy (non-hydrogen) atoms. The summed E-state index contributed by atoms with van der Waals surface area (Å²) in [5.41, 5.74) is 4.09. The lowest BCUT2D eigenvalue weighted by Gasteiger charge is -2.27. The van der Waals surface area contributed by atoms with Crippen LogP contribution in [0.25, 0.3) is 0 Å². The van der Waals surface area contributed by atoms with E-state index in [9.17, 15) is 20.0 Å². The Morgan fingerprint density at radius 3 is 2.63 bits per heavy atom. The van der Waals surface area contributed by atoms with E-state index in [4.69, 9.17) is 15.2 Å². The van der Waals surface area contributed by atoms with E-state index >= 15 is 0 Å². The van der Waals surface area contributed by atoms with Gasteiger partial charge in [0.15, 0.2) is 0 Å². The molecule has 0 radical (unpaired) electrons. The topological polar surface area (TPSA) is 125 Å². The first-order valence-corrected chi connectivity index (χ1v) is 5.49. The monoisotopic (exact) mass is 272 g/mol. The quantitative estimate of drug-likeness (QED) is 0.333. The van der Waals surface area contributed by atoms with Crippen LogP contribution in [-0.4, -0.2) is 27.6 Å². The summed E-state index contributed by atoms with van der Waals surface area (Å²) >= 11 is 0. The fourth-order valence-electron chi connectivity index (χ4n) is 1.37. The maximum atomic E-state index is 11.4. The summed E-state index contributed by atoms with van der Waals surface area (Å²) in [5, 5.41) is 20.7. The maximum absolute atomic E-state index is 11.4. The minimum atomic E-state index is -2.13. The van der Waals surface area contributed by atoms with Crippen LogP contribution in [0.4, 0.5) is 4.79 Å². The molecule has 106 valence electrons. The van der Waals surface area contributed by atoms with E-state index in [1.807, 2.05) is 0 Å². The fraction of sp³-hybridized carbons (Fsp3) is 0.545. The molecule has 0 fully saturated rings. The first kappa shape index (κ1) is 15.0. The first-order valence-electron chi connectivity index (χ1n) is 5.49. The standard InChI is InChI=1S/C11H16N2O6/c1-10(2,3)18-9(14)19-11(15)5-4-7(12)8(6-11)13(16)17/h4-5,15H,6,12H2,1-3H3. The Balaban J connectivity index is 2.78. The van der Waals surface area contributed by atoms with Crippen LogP contribution in [0.1, 0.15) is 27.2 Å². The third-order valence-electron chi connectivity index (χ3n) is 2.15. The Hall–Kier alpha value is -2.09. The van der Waals surface area contributed by atoms with Crippen molar-refractivity contribution in [3.05, 3.63) is 33.7 Å². The number of nitrogens with two attached hydrogens (primary N) is 1. The molecule has 0 heterocycles. The van der Waals surface area contributed by atoms with Crippen LogP contribution in [-0.2, 0) is 9.47 Å². The Kier molecular flexibility index (Phi) is 3.85. The summed E-state index contributed by atoms with van der Waals surface area (Å²) in [5.74, 6) is -2.13. The smallest absolute Gasteiger partial charge is 0.428 e. The number of nitrogens with zero attached hydrogens (tertiary/aromatic N) is 1. The van der Waals surface area contributed by atoms with Crippen molar-refractivity contribution in [2.75, 3.05) is 0 Å². The van der Waals surface area contributed by atoms with Gasteiger partial charge in [-0.1, -0.05) is 0 Å². The Morgan fingerprint density at radius 2 is 2.16 bits per heavy atom. The van der Waals surface area contributed by atoms with E-state index in [2.05, 4.69) is 0 Å². The van der Waals surface area contributed by atoms with E-state index in [1.165, 1.54) is 0 Å². The minimum absolute atomic E-state index is 0.0949. The highest BCUT2D eigenvalue weighted by Gasteiger charge is 2.39. The number of allylic oxidation sites excluding steroid dienone is 1. The summed E-state index contributed by atoms with van der Waals surface area (Å²) in [6.07, 6.45) is 0.523. The molecular formula is C11H16N2O6. The largest absolute Gasteiger partial charge is 0.511 e. The van der Waals surface area contributed by atoms with Crippen LogP contribution in [0.2, 0.25) is 0 Å². The Bertz CT molecular complexity index is 462. The molecule has 1 rings (SSSR count). The molecule has 0 spiro atoms. The molecule has 1 aliphatic carbocycles. The third kappa shape index (κ3) is 4.25. The predicted octanol–water partition coefficient (Wildman–Crippen LogP) is 1.03. The van der Waals surface area contributed by atoms with Gasteiger partial charge >= 0.3 is 6.16 Å². The summed E-state index contributed by atoms with van der Waals surface area (Å²) in [7, 11) is 0. The maximum Gasteiger partial charge on any atom is 0.511 e. The van der Waals surface area contributed by atoms with Gasteiger partial charge in [-0.3, -0.25) is 10.1 Å². The molecular weight excluding hydrogens is 256 g/mol. The second-order valence-electron chi connectivity index (χ2n) is 5.08. The molecule has 1 aliphatic rings. The van der Waals surface area contributed by atoms with Crippen molar-refractivity contribution in [1.82, 2.24) is 0 Å². The van der Waals surface area contributed by atoms with Gasteiger partial charge in [0.05, 0.1) is 4.92 Å². The van der Waals surface area contributed by atoms with Gasteiger partial charge < -0.3 is 20.3 Å². The van der Waals surface area contributed by atoms with Gasteiger partial charge in [0.25, 0.3) is 5.70 Å². The van der Waals surface area contributed by atoms with Crippen LogP contribution in [0.3, 0.4) is 0 Å². The van der Waals surface area contributed by atoms with E-state index in [0.717, 1.165) is 12.2 Å². The van der Waals surface area contributed by atoms with Crippen molar-refractivity contribution in [2.45, 2.75) is 38.6 Å². The highest BCUT2D eigenvalue weighted by molar-refractivity contribution is 5.61. The van der Waals surface area contributed by atoms with Crippen molar-refractivity contribution < 1.29 is 24.3 Å². The first-order chi connectivity index (χ1) is 8.52. The molecule has 8 nitrogen and oxygen atoms in total. The molecule has 0 aromatic carbocycles. The molecule has 0 aromatic rings. The zero-order valence-corrected chi connectivity index (χ0v) is 10.9. The molecule has 1 unspecified atom stereocenters. The van der Waals surface area contributed by atoms with Crippen LogP contribution >= 0.6 is 0 Å². The SMILES string of the molecule is CC(C)(C)OC(=O)OC1(O)C=CC(N)=C([N+](=O)[O-])C1. The van der Waals surface area contributed by atoms with Crippen molar-refractivity contribution in [2.24, 2.45) is 5.73 Å². The minimum Gasteiger partial charge on any atom is -0.428 e. The zero-order chi connectivity index (χ0) is 14.8. The van der Waals surface area contributed by atoms with E-state index in [0.29, 0.717) is 0 Å². The molecule has 1 atom stereocenters. The molecule has 0 saturated heterocycles. The molecule has 0 amide bonds. The lowest BCUT2D eigenvalue weighted by atomic mass is 10.0. The van der Waals surface area contributed by atoms with Crippen LogP contribution < -0.4 is 5.73 Å². The summed E-state index contributed by atoms with van der Waals surface area (Å²) in [6, 6.07) is 0. The van der Waals surface area contributed by atoms with Gasteiger partial charge in [0.2, 0.25) is 5.79 Å². The average molecular weight is 272 g/mol. The number of aliphatic hydroxyl groups is 1. The summed E-state index contributed by atoms with van der Waals surface area (Å²) in [4.78, 5) is 21.4. The van der Waals surface area contributed by atoms with Gasteiger partial charge in [0.1, 0.15) is 17.7 Å². The average Bonchev–Trinajstić information content (AvgIpc) is 2.18. The number of nitro groups is 1. The number of ether oxygens (including phenoxy) is 2. The lowest BCUT2D eigenvalue weighted by molar-refractivity contribution is -0.434. The van der Waals surface area contributed by atoms with Crippen molar-refractivity contribution in [1.29, 1.82) is 0 Å². The highest BCUT2D eigenvalue weighted by atomic mass is 16.8. The molecule has 3 N–H and O–H groups in total. The van der Waals surface area contributed by atoms with Crippen molar-refractivity contribution in [3.8, 4) is 0 Å².